The molecular formula is C21H23F2N7O. The number of imidazole rings is 1. The van der Waals surface area contributed by atoms with E-state index in [0.29, 0.717) is 36.2 Å². The van der Waals surface area contributed by atoms with E-state index in [9.17, 15) is 13.6 Å². The van der Waals surface area contributed by atoms with Gasteiger partial charge in [-0.1, -0.05) is 0 Å². The fraction of sp³-hybridized carbons (Fsp3) is 0.429. The van der Waals surface area contributed by atoms with Crippen LogP contribution in [0.3, 0.4) is 0 Å². The molecule has 10 heteroatoms. The first-order valence-electron chi connectivity index (χ1n) is 10.4. The number of nitrogens with zero attached hydrogens (tertiary/aromatic N) is 6. The van der Waals surface area contributed by atoms with Crippen molar-refractivity contribution in [3.63, 3.8) is 0 Å². The first-order chi connectivity index (χ1) is 15.0. The lowest BCUT2D eigenvalue weighted by molar-refractivity contribution is 0.102. The number of hydrogen-bond donors (Lipinski definition) is 1. The Hall–Kier alpha value is -3.14. The lowest BCUT2D eigenvalue weighted by atomic mass is 10.2. The summed E-state index contributed by atoms with van der Waals surface area (Å²) in [6.07, 6.45) is 7.11. The molecule has 2 fully saturated rings. The van der Waals surface area contributed by atoms with Crippen molar-refractivity contribution in [1.29, 1.82) is 0 Å². The van der Waals surface area contributed by atoms with Crippen LogP contribution in [-0.4, -0.2) is 68.6 Å². The Morgan fingerprint density at radius 2 is 2.03 bits per heavy atom. The minimum absolute atomic E-state index is 0.140. The molecule has 31 heavy (non-hydrogen) atoms. The molecule has 0 bridgehead atoms. The molecule has 5 rings (SSSR count). The number of likely N-dealkylation sites (tertiary alicyclic amines) is 1. The Kier molecular flexibility index (Phi) is 5.01. The molecule has 0 saturated carbocycles. The maximum atomic E-state index is 14.2. The van der Waals surface area contributed by atoms with Crippen molar-refractivity contribution in [2.75, 3.05) is 36.4 Å². The molecule has 2 atom stereocenters. The van der Waals surface area contributed by atoms with Crippen LogP contribution >= 0.6 is 0 Å². The highest BCUT2D eigenvalue weighted by Gasteiger charge is 2.33. The molecule has 3 aromatic rings. The Labute approximate surface area is 177 Å². The van der Waals surface area contributed by atoms with E-state index >= 15 is 0 Å². The molecule has 162 valence electrons. The Bertz CT molecular complexity index is 1120. The second-order valence-electron chi connectivity index (χ2n) is 8.17. The zero-order valence-electron chi connectivity index (χ0n) is 17.1. The molecule has 0 radical (unpaired) electrons. The van der Waals surface area contributed by atoms with E-state index in [1.54, 1.807) is 25.5 Å². The van der Waals surface area contributed by atoms with Gasteiger partial charge in [0.1, 0.15) is 17.7 Å². The van der Waals surface area contributed by atoms with Gasteiger partial charge in [0.25, 0.3) is 5.91 Å². The van der Waals surface area contributed by atoms with Gasteiger partial charge in [0.05, 0.1) is 23.8 Å². The van der Waals surface area contributed by atoms with Gasteiger partial charge in [-0.05, 0) is 19.8 Å². The van der Waals surface area contributed by atoms with Crippen LogP contribution in [0.5, 0.6) is 0 Å². The summed E-state index contributed by atoms with van der Waals surface area (Å²) in [5.41, 5.74) is 1.33. The molecule has 1 unspecified atom stereocenters. The fourth-order valence-corrected chi connectivity index (χ4v) is 4.37. The topological polar surface area (TPSA) is 78.7 Å². The number of amides is 1. The highest BCUT2D eigenvalue weighted by molar-refractivity contribution is 6.02. The third kappa shape index (κ3) is 3.95. The van der Waals surface area contributed by atoms with E-state index in [-0.39, 0.29) is 11.3 Å². The SMILES string of the molecule is Cc1cn2cc(NC(=O)c3cnc(N4CCC(N5CC[C@@H](F)C5)C4)cn3)cc(F)c2n1. The first-order valence-corrected chi connectivity index (χ1v) is 10.4. The zero-order chi connectivity index (χ0) is 21.5. The van der Waals surface area contributed by atoms with Crippen molar-refractivity contribution in [1.82, 2.24) is 24.3 Å². The van der Waals surface area contributed by atoms with Gasteiger partial charge in [-0.2, -0.15) is 0 Å². The number of aryl methyl sites for hydroxylation is 1. The molecule has 0 aromatic carbocycles. The number of hydrogen-bond acceptors (Lipinski definition) is 6. The summed E-state index contributed by atoms with van der Waals surface area (Å²) >= 11 is 0. The van der Waals surface area contributed by atoms with E-state index in [1.807, 2.05) is 0 Å². The summed E-state index contributed by atoms with van der Waals surface area (Å²) in [4.78, 5) is 29.6. The molecule has 1 amide bonds. The van der Waals surface area contributed by atoms with Crippen molar-refractivity contribution >= 4 is 23.1 Å². The van der Waals surface area contributed by atoms with E-state index in [4.69, 9.17) is 0 Å². The largest absolute Gasteiger partial charge is 0.354 e. The van der Waals surface area contributed by atoms with Gasteiger partial charge < -0.3 is 14.6 Å². The van der Waals surface area contributed by atoms with Crippen LogP contribution in [0, 0.1) is 12.7 Å². The summed E-state index contributed by atoms with van der Waals surface area (Å²) in [7, 11) is 0. The van der Waals surface area contributed by atoms with Crippen molar-refractivity contribution in [2.45, 2.75) is 32.0 Å². The van der Waals surface area contributed by atoms with Gasteiger partial charge in [0.15, 0.2) is 11.5 Å². The molecule has 0 spiro atoms. The van der Waals surface area contributed by atoms with E-state index in [0.717, 1.165) is 26.1 Å². The van der Waals surface area contributed by atoms with Crippen molar-refractivity contribution in [3.05, 3.63) is 48.1 Å². The van der Waals surface area contributed by atoms with Crippen LogP contribution in [0.15, 0.2) is 30.9 Å². The first kappa shape index (κ1) is 19.8. The summed E-state index contributed by atoms with van der Waals surface area (Å²) in [6, 6.07) is 1.55. The maximum absolute atomic E-state index is 14.2. The zero-order valence-corrected chi connectivity index (χ0v) is 17.1. The van der Waals surface area contributed by atoms with Crippen molar-refractivity contribution in [3.8, 4) is 0 Å². The Morgan fingerprint density at radius 3 is 2.77 bits per heavy atom. The minimum Gasteiger partial charge on any atom is -0.354 e. The van der Waals surface area contributed by atoms with Crippen LogP contribution in [-0.2, 0) is 0 Å². The van der Waals surface area contributed by atoms with Gasteiger partial charge >= 0.3 is 0 Å². The van der Waals surface area contributed by atoms with Crippen LogP contribution in [0.2, 0.25) is 0 Å². The number of nitrogens with one attached hydrogen (secondary N) is 1. The molecule has 5 heterocycles. The predicted octanol–water partition coefficient (Wildman–Crippen LogP) is 2.45. The summed E-state index contributed by atoms with van der Waals surface area (Å²) in [5, 5.41) is 2.65. The van der Waals surface area contributed by atoms with Gasteiger partial charge in [0.2, 0.25) is 0 Å². The molecular weight excluding hydrogens is 404 g/mol. The van der Waals surface area contributed by atoms with Crippen molar-refractivity contribution < 1.29 is 13.6 Å². The van der Waals surface area contributed by atoms with Crippen LogP contribution < -0.4 is 10.2 Å². The average molecular weight is 427 g/mol. The third-order valence-corrected chi connectivity index (χ3v) is 5.92. The second kappa shape index (κ2) is 7.84. The molecule has 3 aromatic heterocycles. The maximum Gasteiger partial charge on any atom is 0.275 e. The molecule has 8 nitrogen and oxygen atoms in total. The van der Waals surface area contributed by atoms with E-state index in [1.165, 1.54) is 16.7 Å². The van der Waals surface area contributed by atoms with Gasteiger partial charge in [0, 0.05) is 50.7 Å². The van der Waals surface area contributed by atoms with Gasteiger partial charge in [-0.15, -0.1) is 0 Å². The van der Waals surface area contributed by atoms with Crippen LogP contribution in [0.25, 0.3) is 5.65 Å². The van der Waals surface area contributed by atoms with Gasteiger partial charge in [-0.3, -0.25) is 9.69 Å². The minimum atomic E-state index is -0.723. The quantitative estimate of drug-likeness (QED) is 0.689. The van der Waals surface area contributed by atoms with Crippen LogP contribution in [0.4, 0.5) is 20.3 Å². The predicted molar refractivity (Wildman–Crippen MR) is 112 cm³/mol. The number of carbonyl (C=O) groups is 1. The molecule has 1 N–H and O–H groups in total. The van der Waals surface area contributed by atoms with E-state index < -0.39 is 17.9 Å². The smallest absolute Gasteiger partial charge is 0.275 e. The number of rotatable bonds is 4. The Balaban J connectivity index is 1.24. The highest BCUT2D eigenvalue weighted by Crippen LogP contribution is 2.25. The summed E-state index contributed by atoms with van der Waals surface area (Å²) in [6.45, 7) is 4.68. The monoisotopic (exact) mass is 427 g/mol. The lowest BCUT2D eigenvalue weighted by Gasteiger charge is -2.23. The second-order valence-corrected chi connectivity index (χ2v) is 8.17. The number of pyridine rings is 1. The normalized spacial score (nSPS) is 21.8. The standard InChI is InChI=1S/C21H23F2N7O/c1-13-9-30-11-15(6-17(23)20(30)26-13)27-21(31)18-7-25-19(8-24-18)29-5-3-16(12-29)28-4-2-14(22)10-28/h6-9,11,14,16H,2-5,10,12H2,1H3,(H,27,31)/t14-,16?/m1/s1. The average Bonchev–Trinajstić information content (AvgIpc) is 3.47. The fourth-order valence-electron chi connectivity index (χ4n) is 4.37. The Morgan fingerprint density at radius 1 is 1.16 bits per heavy atom. The summed E-state index contributed by atoms with van der Waals surface area (Å²) in [5.74, 6) is -0.301. The van der Waals surface area contributed by atoms with Gasteiger partial charge in [-0.25, -0.2) is 23.7 Å². The highest BCUT2D eigenvalue weighted by atomic mass is 19.1. The molecule has 2 aliphatic rings. The number of anilines is 2. The number of fused-ring (bicyclic) bond motifs is 1. The van der Waals surface area contributed by atoms with Crippen molar-refractivity contribution in [2.24, 2.45) is 0 Å². The van der Waals surface area contributed by atoms with Crippen LogP contribution in [0.1, 0.15) is 29.0 Å². The molecule has 0 aliphatic carbocycles. The number of alkyl halides is 1. The number of halogens is 2. The number of aromatic nitrogens is 4. The molecule has 2 aliphatic heterocycles. The van der Waals surface area contributed by atoms with E-state index in [2.05, 4.69) is 30.1 Å². The number of carbonyl (C=O) groups excluding carboxylic acids is 1. The third-order valence-electron chi connectivity index (χ3n) is 5.92. The summed E-state index contributed by atoms with van der Waals surface area (Å²) < 4.78 is 29.2. The molecule has 2 saturated heterocycles. The lowest BCUT2D eigenvalue weighted by Crippen LogP contribution is -2.36.